The smallest absolute Gasteiger partial charge is 0.350 e. The molecular weight excluding hydrogens is 318 g/mol. The Morgan fingerprint density at radius 2 is 2.27 bits per heavy atom. The number of nitrogens with one attached hydrogen (secondary N) is 1. The van der Waals surface area contributed by atoms with Gasteiger partial charge in [-0.05, 0) is 25.5 Å². The zero-order valence-electron chi connectivity index (χ0n) is 12.7. The van der Waals surface area contributed by atoms with Crippen LogP contribution in [0.3, 0.4) is 0 Å². The number of thiazole rings is 1. The van der Waals surface area contributed by atoms with Gasteiger partial charge >= 0.3 is 5.97 Å². The van der Waals surface area contributed by atoms with Crippen LogP contribution in [0.1, 0.15) is 35.6 Å². The number of esters is 1. The number of ether oxygens (including phenoxy) is 1. The fraction of sp³-hybridized carbons (Fsp3) is 0.400. The van der Waals surface area contributed by atoms with Crippen LogP contribution in [0.2, 0.25) is 0 Å². The summed E-state index contributed by atoms with van der Waals surface area (Å²) >= 11 is 2.91. The average molecular weight is 337 g/mol. The fourth-order valence-corrected chi connectivity index (χ4v) is 3.48. The van der Waals surface area contributed by atoms with Crippen molar-refractivity contribution < 1.29 is 9.53 Å². The Bertz CT molecular complexity index is 602. The topological polar surface area (TPSA) is 64.1 Å². The number of hydrogen-bond acceptors (Lipinski definition) is 7. The minimum atomic E-state index is -0.304. The summed E-state index contributed by atoms with van der Waals surface area (Å²) in [5, 5.41) is 4.90. The number of rotatable bonds is 8. The summed E-state index contributed by atoms with van der Waals surface area (Å²) in [5.41, 5.74) is 0.748. The van der Waals surface area contributed by atoms with E-state index in [9.17, 15) is 4.79 Å². The van der Waals surface area contributed by atoms with Crippen molar-refractivity contribution >= 4 is 34.2 Å². The van der Waals surface area contributed by atoms with Gasteiger partial charge in [0.05, 0.1) is 17.3 Å². The van der Waals surface area contributed by atoms with Crippen molar-refractivity contribution in [2.24, 2.45) is 0 Å². The Morgan fingerprint density at radius 1 is 1.41 bits per heavy atom. The van der Waals surface area contributed by atoms with Gasteiger partial charge in [0.1, 0.15) is 4.88 Å². The number of pyridine rings is 1. The van der Waals surface area contributed by atoms with Gasteiger partial charge < -0.3 is 10.1 Å². The molecular formula is C15H19N3O2S2. The molecule has 7 heteroatoms. The Balaban J connectivity index is 2.12. The minimum Gasteiger partial charge on any atom is -0.462 e. The third-order valence-corrected chi connectivity index (χ3v) is 4.67. The molecule has 1 N–H and O–H groups in total. The second-order valence-corrected chi connectivity index (χ2v) is 6.39. The number of carbonyl (C=O) groups excluding carboxylic acids is 1. The van der Waals surface area contributed by atoms with Gasteiger partial charge in [-0.25, -0.2) is 14.8 Å². The van der Waals surface area contributed by atoms with E-state index in [4.69, 9.17) is 4.74 Å². The molecule has 0 spiro atoms. The molecule has 22 heavy (non-hydrogen) atoms. The van der Waals surface area contributed by atoms with Gasteiger partial charge in [-0.15, -0.1) is 0 Å². The molecule has 118 valence electrons. The van der Waals surface area contributed by atoms with E-state index in [0.717, 1.165) is 28.8 Å². The number of hydrogen-bond donors (Lipinski definition) is 1. The Kier molecular flexibility index (Phi) is 6.67. The highest BCUT2D eigenvalue weighted by atomic mass is 32.2. The average Bonchev–Trinajstić information content (AvgIpc) is 2.95. The molecule has 0 radical (unpaired) electrons. The van der Waals surface area contributed by atoms with Gasteiger partial charge in [-0.3, -0.25) is 0 Å². The molecule has 0 amide bonds. The number of carbonyl (C=O) groups is 1. The molecule has 2 heterocycles. The first kappa shape index (κ1) is 16.8. The van der Waals surface area contributed by atoms with Crippen LogP contribution in [0, 0.1) is 0 Å². The normalized spacial score (nSPS) is 10.5. The van der Waals surface area contributed by atoms with Crippen molar-refractivity contribution in [3.8, 4) is 0 Å². The number of aromatic nitrogens is 2. The maximum Gasteiger partial charge on any atom is 0.350 e. The van der Waals surface area contributed by atoms with E-state index in [0.29, 0.717) is 17.2 Å². The Morgan fingerprint density at radius 3 is 2.95 bits per heavy atom. The highest BCUT2D eigenvalue weighted by Gasteiger charge is 2.19. The molecule has 0 aliphatic rings. The predicted octanol–water partition coefficient (Wildman–Crippen LogP) is 3.83. The molecule has 0 saturated carbocycles. The highest BCUT2D eigenvalue weighted by molar-refractivity contribution is 7.98. The molecule has 0 fully saturated rings. The minimum absolute atomic E-state index is 0.304. The van der Waals surface area contributed by atoms with Crippen LogP contribution in [-0.4, -0.2) is 29.1 Å². The van der Waals surface area contributed by atoms with Crippen molar-refractivity contribution in [2.45, 2.75) is 31.0 Å². The lowest BCUT2D eigenvalue weighted by Crippen LogP contribution is -2.05. The quantitative estimate of drug-likeness (QED) is 0.583. The molecule has 2 aromatic heterocycles. The lowest BCUT2D eigenvalue weighted by Gasteiger charge is -2.02. The molecule has 5 nitrogen and oxygen atoms in total. The van der Waals surface area contributed by atoms with Gasteiger partial charge in [0, 0.05) is 18.5 Å². The van der Waals surface area contributed by atoms with Gasteiger partial charge in [-0.1, -0.05) is 36.1 Å². The molecule has 2 aromatic rings. The number of thioether (sulfide) groups is 1. The van der Waals surface area contributed by atoms with Crippen molar-refractivity contribution in [3.05, 3.63) is 35.0 Å². The molecule has 0 atom stereocenters. The Labute approximate surface area is 138 Å². The zero-order chi connectivity index (χ0) is 15.8. The van der Waals surface area contributed by atoms with Gasteiger partial charge in [0.15, 0.2) is 5.13 Å². The van der Waals surface area contributed by atoms with Crippen LogP contribution in [-0.2, 0) is 10.5 Å². The van der Waals surface area contributed by atoms with Crippen LogP contribution in [0.15, 0.2) is 29.4 Å². The molecule has 0 bridgehead atoms. The number of nitrogens with zero attached hydrogens (tertiary/aromatic N) is 2. The summed E-state index contributed by atoms with van der Waals surface area (Å²) in [6, 6.07) is 5.76. The van der Waals surface area contributed by atoms with Crippen LogP contribution in [0.25, 0.3) is 0 Å². The van der Waals surface area contributed by atoms with E-state index in [1.807, 2.05) is 18.2 Å². The van der Waals surface area contributed by atoms with E-state index in [1.165, 1.54) is 11.3 Å². The lowest BCUT2D eigenvalue weighted by atomic mass is 10.4. The van der Waals surface area contributed by atoms with Gasteiger partial charge in [0.25, 0.3) is 0 Å². The SMILES string of the molecule is CCCNc1nc(CSc2ccccn2)c(C(=O)OCC)s1. The second kappa shape index (κ2) is 8.75. The van der Waals surface area contributed by atoms with Crippen molar-refractivity contribution in [1.29, 1.82) is 0 Å². The Hall–Kier alpha value is -1.60. The lowest BCUT2D eigenvalue weighted by molar-refractivity contribution is 0.0531. The van der Waals surface area contributed by atoms with E-state index in [1.54, 1.807) is 24.9 Å². The van der Waals surface area contributed by atoms with Gasteiger partial charge in [-0.2, -0.15) is 0 Å². The third kappa shape index (κ3) is 4.71. The summed E-state index contributed by atoms with van der Waals surface area (Å²) in [6.07, 6.45) is 2.76. The zero-order valence-corrected chi connectivity index (χ0v) is 14.3. The maximum absolute atomic E-state index is 12.1. The third-order valence-electron chi connectivity index (χ3n) is 2.68. The van der Waals surface area contributed by atoms with E-state index < -0.39 is 0 Å². The summed E-state index contributed by atoms with van der Waals surface area (Å²) in [4.78, 5) is 21.4. The summed E-state index contributed by atoms with van der Waals surface area (Å²) in [5.74, 6) is 0.288. The molecule has 0 saturated heterocycles. The van der Waals surface area contributed by atoms with E-state index in [-0.39, 0.29) is 5.97 Å². The standard InChI is InChI=1S/C15H19N3O2S2/c1-3-8-17-15-18-11(13(22-15)14(19)20-4-2)10-21-12-7-5-6-9-16-12/h5-7,9H,3-4,8,10H2,1-2H3,(H,17,18). The molecule has 0 aliphatic carbocycles. The van der Waals surface area contributed by atoms with E-state index >= 15 is 0 Å². The first-order valence-corrected chi connectivity index (χ1v) is 8.99. The highest BCUT2D eigenvalue weighted by Crippen LogP contribution is 2.29. The summed E-state index contributed by atoms with van der Waals surface area (Å²) in [7, 11) is 0. The predicted molar refractivity (Wildman–Crippen MR) is 90.6 cm³/mol. The summed E-state index contributed by atoms with van der Waals surface area (Å²) in [6.45, 7) is 5.09. The molecule has 0 unspecified atom stereocenters. The first-order chi connectivity index (χ1) is 10.7. The van der Waals surface area contributed by atoms with Crippen LogP contribution >= 0.6 is 23.1 Å². The second-order valence-electron chi connectivity index (χ2n) is 4.40. The van der Waals surface area contributed by atoms with Crippen LogP contribution < -0.4 is 5.32 Å². The van der Waals surface area contributed by atoms with Crippen molar-refractivity contribution in [3.63, 3.8) is 0 Å². The largest absolute Gasteiger partial charge is 0.462 e. The first-order valence-electron chi connectivity index (χ1n) is 7.19. The fourth-order valence-electron chi connectivity index (χ4n) is 1.69. The van der Waals surface area contributed by atoms with Crippen LogP contribution in [0.4, 0.5) is 5.13 Å². The van der Waals surface area contributed by atoms with Crippen molar-refractivity contribution in [1.82, 2.24) is 9.97 Å². The van der Waals surface area contributed by atoms with Crippen molar-refractivity contribution in [2.75, 3.05) is 18.5 Å². The number of anilines is 1. The molecule has 0 aliphatic heterocycles. The maximum atomic E-state index is 12.1. The van der Waals surface area contributed by atoms with E-state index in [2.05, 4.69) is 22.2 Å². The van der Waals surface area contributed by atoms with Gasteiger partial charge in [0.2, 0.25) is 0 Å². The molecule has 0 aromatic carbocycles. The summed E-state index contributed by atoms with van der Waals surface area (Å²) < 4.78 is 5.12. The monoisotopic (exact) mass is 337 g/mol. The molecule has 2 rings (SSSR count). The van der Waals surface area contributed by atoms with Crippen LogP contribution in [0.5, 0.6) is 0 Å².